The lowest BCUT2D eigenvalue weighted by Crippen LogP contribution is -2.50. The number of rotatable bonds is 7. The normalized spacial score (nSPS) is 16.6. The van der Waals surface area contributed by atoms with Gasteiger partial charge in [-0.2, -0.15) is 0 Å². The molecule has 4 rings (SSSR count). The number of hydrogen-bond donors (Lipinski definition) is 1. The van der Waals surface area contributed by atoms with Crippen molar-refractivity contribution in [1.82, 2.24) is 9.80 Å². The molecule has 0 spiro atoms. The summed E-state index contributed by atoms with van der Waals surface area (Å²) < 4.78 is 5.26. The van der Waals surface area contributed by atoms with Crippen LogP contribution in [0.2, 0.25) is 0 Å². The van der Waals surface area contributed by atoms with E-state index < -0.39 is 5.97 Å². The van der Waals surface area contributed by atoms with Crippen LogP contribution in [0.4, 0.5) is 5.00 Å². The molecule has 0 unspecified atom stereocenters. The van der Waals surface area contributed by atoms with Crippen LogP contribution in [-0.2, 0) is 14.3 Å². The number of benzene rings is 1. The predicted octanol–water partition coefficient (Wildman–Crippen LogP) is 3.39. The number of thiophene rings is 1. The molecule has 32 heavy (non-hydrogen) atoms. The third-order valence-corrected chi connectivity index (χ3v) is 7.15. The van der Waals surface area contributed by atoms with E-state index in [9.17, 15) is 14.4 Å². The van der Waals surface area contributed by atoms with Crippen molar-refractivity contribution in [2.24, 2.45) is 5.92 Å². The van der Waals surface area contributed by atoms with E-state index in [1.165, 1.54) is 11.3 Å². The van der Waals surface area contributed by atoms with Crippen LogP contribution in [0.1, 0.15) is 35.7 Å². The second-order valence-corrected chi connectivity index (χ2v) is 9.29. The maximum Gasteiger partial charge on any atom is 0.341 e. The third kappa shape index (κ3) is 5.02. The van der Waals surface area contributed by atoms with Crippen molar-refractivity contribution in [2.75, 3.05) is 44.6 Å². The summed E-state index contributed by atoms with van der Waals surface area (Å²) in [6, 6.07) is 9.82. The Morgan fingerprint density at radius 2 is 1.78 bits per heavy atom. The van der Waals surface area contributed by atoms with Gasteiger partial charge >= 0.3 is 5.97 Å². The van der Waals surface area contributed by atoms with Gasteiger partial charge in [0.1, 0.15) is 5.00 Å². The van der Waals surface area contributed by atoms with Gasteiger partial charge < -0.3 is 15.0 Å². The first kappa shape index (κ1) is 22.5. The van der Waals surface area contributed by atoms with Crippen LogP contribution >= 0.6 is 11.3 Å². The summed E-state index contributed by atoms with van der Waals surface area (Å²) >= 11 is 1.39. The second-order valence-electron chi connectivity index (χ2n) is 8.27. The molecule has 1 N–H and O–H groups in total. The molecule has 0 atom stereocenters. The van der Waals surface area contributed by atoms with Crippen molar-refractivity contribution in [1.29, 1.82) is 0 Å². The fourth-order valence-electron chi connectivity index (χ4n) is 4.00. The highest BCUT2D eigenvalue weighted by atomic mass is 32.1. The first-order valence-corrected chi connectivity index (χ1v) is 12.0. The average Bonchev–Trinajstić information content (AvgIpc) is 3.59. The highest BCUT2D eigenvalue weighted by Crippen LogP contribution is 2.40. The lowest BCUT2D eigenvalue weighted by molar-refractivity contribution is -0.134. The molecule has 7 nitrogen and oxygen atoms in total. The molecule has 1 saturated carbocycles. The zero-order valence-electron chi connectivity index (χ0n) is 18.6. The number of piperazine rings is 1. The van der Waals surface area contributed by atoms with E-state index in [0.717, 1.165) is 28.8 Å². The second kappa shape index (κ2) is 9.83. The Hall–Kier alpha value is -2.71. The molecule has 1 aromatic carbocycles. The van der Waals surface area contributed by atoms with Crippen LogP contribution in [0, 0.1) is 12.8 Å². The number of esters is 1. The van der Waals surface area contributed by atoms with Crippen molar-refractivity contribution >= 4 is 34.1 Å². The zero-order chi connectivity index (χ0) is 22.7. The molecule has 0 bridgehead atoms. The molecular weight excluding hydrogens is 426 g/mol. The van der Waals surface area contributed by atoms with Crippen molar-refractivity contribution in [3.63, 3.8) is 0 Å². The number of carbonyl (C=O) groups excluding carboxylic acids is 3. The third-order valence-electron chi connectivity index (χ3n) is 5.89. The number of amides is 2. The minimum absolute atomic E-state index is 0.168. The van der Waals surface area contributed by atoms with E-state index in [2.05, 4.69) is 10.2 Å². The van der Waals surface area contributed by atoms with Gasteiger partial charge in [0.2, 0.25) is 11.8 Å². The van der Waals surface area contributed by atoms with Crippen LogP contribution in [0.3, 0.4) is 0 Å². The summed E-state index contributed by atoms with van der Waals surface area (Å²) in [6.07, 6.45) is 2.02. The van der Waals surface area contributed by atoms with E-state index in [1.54, 1.807) is 6.92 Å². The van der Waals surface area contributed by atoms with Crippen LogP contribution < -0.4 is 5.32 Å². The van der Waals surface area contributed by atoms with E-state index in [4.69, 9.17) is 4.74 Å². The van der Waals surface area contributed by atoms with Gasteiger partial charge in [-0.3, -0.25) is 14.5 Å². The molecule has 8 heteroatoms. The molecule has 1 saturated heterocycles. The smallest absolute Gasteiger partial charge is 0.341 e. The van der Waals surface area contributed by atoms with Gasteiger partial charge in [-0.15, -0.1) is 11.3 Å². The first-order chi connectivity index (χ1) is 15.5. The summed E-state index contributed by atoms with van der Waals surface area (Å²) in [7, 11) is 0. The highest BCUT2D eigenvalue weighted by molar-refractivity contribution is 7.20. The van der Waals surface area contributed by atoms with Crippen LogP contribution in [0.5, 0.6) is 0 Å². The Balaban J connectivity index is 1.44. The van der Waals surface area contributed by atoms with Gasteiger partial charge in [0.25, 0.3) is 0 Å². The van der Waals surface area contributed by atoms with E-state index in [1.807, 2.05) is 42.2 Å². The molecule has 2 fully saturated rings. The summed E-state index contributed by atoms with van der Waals surface area (Å²) in [4.78, 5) is 42.6. The summed E-state index contributed by atoms with van der Waals surface area (Å²) in [5.74, 6) is -0.105. The quantitative estimate of drug-likeness (QED) is 0.648. The van der Waals surface area contributed by atoms with E-state index >= 15 is 0 Å². The number of nitrogens with zero attached hydrogens (tertiary/aromatic N) is 2. The molecular formula is C24H29N3O4S. The lowest BCUT2D eigenvalue weighted by Gasteiger charge is -2.34. The molecule has 170 valence electrons. The van der Waals surface area contributed by atoms with Crippen molar-refractivity contribution in [2.45, 2.75) is 26.7 Å². The van der Waals surface area contributed by atoms with Gasteiger partial charge in [0.05, 0.1) is 18.7 Å². The Morgan fingerprint density at radius 1 is 1.09 bits per heavy atom. The van der Waals surface area contributed by atoms with E-state index in [0.29, 0.717) is 36.7 Å². The maximum absolute atomic E-state index is 12.8. The Labute approximate surface area is 192 Å². The Kier molecular flexibility index (Phi) is 6.91. The van der Waals surface area contributed by atoms with Gasteiger partial charge in [0, 0.05) is 37.0 Å². The van der Waals surface area contributed by atoms with Crippen molar-refractivity contribution in [3.8, 4) is 10.4 Å². The standard InChI is InChI=1S/C24H29N3O4S/c1-3-31-24(30)20-16(2)21(17-7-5-4-6-8-17)32-22(20)25-19(28)15-26-11-13-27(14-12-26)23(29)18-9-10-18/h4-8,18H,3,9-15H2,1-2H3,(H,25,28). The van der Waals surface area contributed by atoms with Gasteiger partial charge in [-0.1, -0.05) is 30.3 Å². The van der Waals surface area contributed by atoms with Gasteiger partial charge in [0.15, 0.2) is 0 Å². The van der Waals surface area contributed by atoms with Gasteiger partial charge in [-0.25, -0.2) is 4.79 Å². The summed E-state index contributed by atoms with van der Waals surface area (Å²) in [6.45, 7) is 6.82. The van der Waals surface area contributed by atoms with Crippen LogP contribution in [0.25, 0.3) is 10.4 Å². The minimum Gasteiger partial charge on any atom is -0.462 e. The molecule has 1 aromatic heterocycles. The topological polar surface area (TPSA) is 79.0 Å². The minimum atomic E-state index is -0.425. The largest absolute Gasteiger partial charge is 0.462 e. The average molecular weight is 456 g/mol. The number of ether oxygens (including phenoxy) is 1. The van der Waals surface area contributed by atoms with Gasteiger partial charge in [-0.05, 0) is 37.8 Å². The monoisotopic (exact) mass is 455 g/mol. The van der Waals surface area contributed by atoms with Crippen molar-refractivity contribution in [3.05, 3.63) is 41.5 Å². The molecule has 2 aliphatic rings. The maximum atomic E-state index is 12.8. The molecule has 1 aliphatic heterocycles. The van der Waals surface area contributed by atoms with E-state index in [-0.39, 0.29) is 30.9 Å². The molecule has 0 radical (unpaired) electrons. The Bertz CT molecular complexity index is 992. The summed E-state index contributed by atoms with van der Waals surface area (Å²) in [5.41, 5.74) is 2.23. The first-order valence-electron chi connectivity index (χ1n) is 11.1. The number of carbonyl (C=O) groups is 3. The number of anilines is 1. The number of nitrogens with one attached hydrogen (secondary N) is 1. The molecule has 2 amide bonds. The lowest BCUT2D eigenvalue weighted by atomic mass is 10.1. The number of hydrogen-bond acceptors (Lipinski definition) is 6. The SMILES string of the molecule is CCOC(=O)c1c(NC(=O)CN2CCN(C(=O)C3CC3)CC2)sc(-c2ccccc2)c1C. The molecule has 1 aliphatic carbocycles. The Morgan fingerprint density at radius 3 is 2.41 bits per heavy atom. The summed E-state index contributed by atoms with van der Waals surface area (Å²) in [5, 5.41) is 3.47. The molecule has 2 aromatic rings. The fourth-order valence-corrected chi connectivity index (χ4v) is 5.22. The predicted molar refractivity (Wildman–Crippen MR) is 125 cm³/mol. The van der Waals surface area contributed by atoms with Crippen LogP contribution in [-0.4, -0.2) is 66.9 Å². The van der Waals surface area contributed by atoms with Crippen LogP contribution in [0.15, 0.2) is 30.3 Å². The zero-order valence-corrected chi connectivity index (χ0v) is 19.4. The molecule has 2 heterocycles. The fraction of sp³-hybridized carbons (Fsp3) is 0.458. The van der Waals surface area contributed by atoms with Crippen molar-refractivity contribution < 1.29 is 19.1 Å². The highest BCUT2D eigenvalue weighted by Gasteiger charge is 2.34.